The minimum Gasteiger partial charge on any atom is -0.313 e. The highest BCUT2D eigenvalue weighted by Crippen LogP contribution is 2.26. The van der Waals surface area contributed by atoms with E-state index in [1.54, 1.807) is 0 Å². The molecular weight excluding hydrogens is 160 g/mol. The largest absolute Gasteiger partial charge is 0.313 e. The first kappa shape index (κ1) is 9.47. The van der Waals surface area contributed by atoms with Crippen molar-refractivity contribution in [3.05, 3.63) is 0 Å². The summed E-state index contributed by atoms with van der Waals surface area (Å²) in [5.74, 6) is 1.02. The van der Waals surface area contributed by atoms with Gasteiger partial charge in [-0.15, -0.1) is 0 Å². The summed E-state index contributed by atoms with van der Waals surface area (Å²) in [5, 5.41) is 3.56. The van der Waals surface area contributed by atoms with Gasteiger partial charge in [0.1, 0.15) is 0 Å². The van der Waals surface area contributed by atoms with E-state index in [4.69, 9.17) is 0 Å². The summed E-state index contributed by atoms with van der Waals surface area (Å²) >= 11 is 0. The van der Waals surface area contributed by atoms with E-state index in [-0.39, 0.29) is 0 Å². The van der Waals surface area contributed by atoms with Crippen LogP contribution in [0.1, 0.15) is 32.1 Å². The molecule has 76 valence electrons. The molecule has 0 unspecified atom stereocenters. The van der Waals surface area contributed by atoms with Gasteiger partial charge in [-0.2, -0.15) is 0 Å². The van der Waals surface area contributed by atoms with Crippen LogP contribution in [0.3, 0.4) is 0 Å². The van der Waals surface area contributed by atoms with Crippen LogP contribution in [0.5, 0.6) is 0 Å². The maximum atomic E-state index is 3.56. The highest BCUT2D eigenvalue weighted by atomic mass is 15.1. The van der Waals surface area contributed by atoms with Crippen molar-refractivity contribution in [2.24, 2.45) is 5.92 Å². The molecule has 2 nitrogen and oxygen atoms in total. The van der Waals surface area contributed by atoms with Crippen molar-refractivity contribution in [3.8, 4) is 0 Å². The molecular formula is C11H22N2. The van der Waals surface area contributed by atoms with Crippen LogP contribution in [0.15, 0.2) is 0 Å². The van der Waals surface area contributed by atoms with Gasteiger partial charge in [-0.25, -0.2) is 0 Å². The van der Waals surface area contributed by atoms with Gasteiger partial charge in [-0.3, -0.25) is 0 Å². The first-order chi connectivity index (χ1) is 6.34. The quantitative estimate of drug-likeness (QED) is 0.708. The van der Waals surface area contributed by atoms with E-state index in [2.05, 4.69) is 17.3 Å². The molecule has 0 aromatic rings. The molecule has 2 fully saturated rings. The monoisotopic (exact) mass is 182 g/mol. The molecule has 1 heterocycles. The van der Waals surface area contributed by atoms with Crippen molar-refractivity contribution < 1.29 is 0 Å². The molecule has 0 radical (unpaired) electrons. The SMILES string of the molecule is CN(CC1CCC1)C[C@H]1CCCN1. The summed E-state index contributed by atoms with van der Waals surface area (Å²) in [6.07, 6.45) is 7.18. The number of hydrogen-bond donors (Lipinski definition) is 1. The average molecular weight is 182 g/mol. The molecule has 0 aromatic heterocycles. The third-order valence-electron chi connectivity index (χ3n) is 3.49. The first-order valence-corrected chi connectivity index (χ1v) is 5.76. The van der Waals surface area contributed by atoms with Gasteiger partial charge in [0.2, 0.25) is 0 Å². The van der Waals surface area contributed by atoms with Gasteiger partial charge in [0.25, 0.3) is 0 Å². The van der Waals surface area contributed by atoms with Gasteiger partial charge in [0, 0.05) is 19.1 Å². The third-order valence-corrected chi connectivity index (χ3v) is 3.49. The van der Waals surface area contributed by atoms with Crippen LogP contribution >= 0.6 is 0 Å². The van der Waals surface area contributed by atoms with E-state index in [1.807, 2.05) is 0 Å². The highest BCUT2D eigenvalue weighted by molar-refractivity contribution is 4.79. The Kier molecular flexibility index (Phi) is 3.23. The summed E-state index contributed by atoms with van der Waals surface area (Å²) in [6, 6.07) is 0.782. The second-order valence-electron chi connectivity index (χ2n) is 4.81. The smallest absolute Gasteiger partial charge is 0.0195 e. The Morgan fingerprint density at radius 1 is 1.15 bits per heavy atom. The van der Waals surface area contributed by atoms with Crippen molar-refractivity contribution in [3.63, 3.8) is 0 Å². The van der Waals surface area contributed by atoms with E-state index in [9.17, 15) is 0 Å². The topological polar surface area (TPSA) is 15.3 Å². The van der Waals surface area contributed by atoms with Crippen molar-refractivity contribution in [2.75, 3.05) is 26.7 Å². The van der Waals surface area contributed by atoms with Gasteiger partial charge in [0.15, 0.2) is 0 Å². The van der Waals surface area contributed by atoms with Gasteiger partial charge in [0.05, 0.1) is 0 Å². The van der Waals surface area contributed by atoms with Crippen LogP contribution in [-0.4, -0.2) is 37.6 Å². The summed E-state index contributed by atoms with van der Waals surface area (Å²) in [5.41, 5.74) is 0. The Bertz CT molecular complexity index is 148. The highest BCUT2D eigenvalue weighted by Gasteiger charge is 2.21. The lowest BCUT2D eigenvalue weighted by Gasteiger charge is -2.31. The van der Waals surface area contributed by atoms with E-state index in [1.165, 1.54) is 51.7 Å². The second kappa shape index (κ2) is 4.43. The van der Waals surface area contributed by atoms with Crippen LogP contribution < -0.4 is 5.32 Å². The standard InChI is InChI=1S/C11H22N2/c1-13(8-10-4-2-5-10)9-11-6-3-7-12-11/h10-12H,2-9H2,1H3/t11-/m1/s1. The van der Waals surface area contributed by atoms with Crippen molar-refractivity contribution in [1.82, 2.24) is 10.2 Å². The molecule has 0 amide bonds. The summed E-state index contributed by atoms with van der Waals surface area (Å²) < 4.78 is 0. The molecule has 0 spiro atoms. The van der Waals surface area contributed by atoms with Crippen LogP contribution in [0.2, 0.25) is 0 Å². The van der Waals surface area contributed by atoms with Crippen LogP contribution in [0, 0.1) is 5.92 Å². The van der Waals surface area contributed by atoms with E-state index < -0.39 is 0 Å². The average Bonchev–Trinajstić information content (AvgIpc) is 2.49. The zero-order valence-electron chi connectivity index (χ0n) is 8.76. The Balaban J connectivity index is 1.61. The summed E-state index contributed by atoms with van der Waals surface area (Å²) in [7, 11) is 2.28. The third kappa shape index (κ3) is 2.68. The molecule has 2 aliphatic rings. The number of hydrogen-bond acceptors (Lipinski definition) is 2. The number of rotatable bonds is 4. The number of nitrogens with one attached hydrogen (secondary N) is 1. The Morgan fingerprint density at radius 3 is 2.54 bits per heavy atom. The molecule has 1 aliphatic carbocycles. The predicted molar refractivity (Wildman–Crippen MR) is 55.9 cm³/mol. The summed E-state index contributed by atoms with van der Waals surface area (Å²) in [6.45, 7) is 3.83. The maximum absolute atomic E-state index is 3.56. The molecule has 2 heteroatoms. The molecule has 1 N–H and O–H groups in total. The first-order valence-electron chi connectivity index (χ1n) is 5.76. The fourth-order valence-corrected chi connectivity index (χ4v) is 2.48. The van der Waals surface area contributed by atoms with Crippen LogP contribution in [-0.2, 0) is 0 Å². The minimum atomic E-state index is 0.782. The number of likely N-dealkylation sites (N-methyl/N-ethyl adjacent to an activating group) is 1. The van der Waals surface area contributed by atoms with Crippen molar-refractivity contribution in [2.45, 2.75) is 38.1 Å². The van der Waals surface area contributed by atoms with E-state index >= 15 is 0 Å². The predicted octanol–water partition coefficient (Wildman–Crippen LogP) is 1.47. The maximum Gasteiger partial charge on any atom is 0.0195 e. The minimum absolute atomic E-state index is 0.782. The molecule has 13 heavy (non-hydrogen) atoms. The van der Waals surface area contributed by atoms with Gasteiger partial charge in [-0.05, 0) is 45.2 Å². The fourth-order valence-electron chi connectivity index (χ4n) is 2.48. The lowest BCUT2D eigenvalue weighted by Crippen LogP contribution is -2.38. The zero-order valence-corrected chi connectivity index (χ0v) is 8.76. The zero-order chi connectivity index (χ0) is 9.10. The van der Waals surface area contributed by atoms with Crippen molar-refractivity contribution in [1.29, 1.82) is 0 Å². The van der Waals surface area contributed by atoms with Crippen molar-refractivity contribution >= 4 is 0 Å². The Morgan fingerprint density at radius 2 is 2.00 bits per heavy atom. The number of nitrogens with zero attached hydrogens (tertiary/aromatic N) is 1. The lowest BCUT2D eigenvalue weighted by atomic mass is 9.85. The van der Waals surface area contributed by atoms with Crippen LogP contribution in [0.4, 0.5) is 0 Å². The fraction of sp³-hybridized carbons (Fsp3) is 1.00. The Labute approximate surface area is 81.7 Å². The Hall–Kier alpha value is -0.0800. The lowest BCUT2D eigenvalue weighted by molar-refractivity contribution is 0.195. The normalized spacial score (nSPS) is 29.5. The van der Waals surface area contributed by atoms with Gasteiger partial charge >= 0.3 is 0 Å². The molecule has 2 rings (SSSR count). The molecule has 0 bridgehead atoms. The molecule has 1 aliphatic heterocycles. The molecule has 0 aromatic carbocycles. The molecule has 1 saturated carbocycles. The molecule has 1 saturated heterocycles. The van der Waals surface area contributed by atoms with Gasteiger partial charge in [-0.1, -0.05) is 6.42 Å². The summed E-state index contributed by atoms with van der Waals surface area (Å²) in [4.78, 5) is 2.52. The molecule has 1 atom stereocenters. The van der Waals surface area contributed by atoms with E-state index in [0.29, 0.717) is 0 Å². The van der Waals surface area contributed by atoms with E-state index in [0.717, 1.165) is 12.0 Å². The van der Waals surface area contributed by atoms with Crippen LogP contribution in [0.25, 0.3) is 0 Å². The van der Waals surface area contributed by atoms with Gasteiger partial charge < -0.3 is 10.2 Å². The second-order valence-corrected chi connectivity index (χ2v) is 4.81.